The van der Waals surface area contributed by atoms with Crippen LogP contribution >= 0.6 is 31.9 Å². The molecule has 3 aromatic carbocycles. The maximum Gasteiger partial charge on any atom is 0.275 e. The minimum Gasteiger partial charge on any atom is -0.496 e. The van der Waals surface area contributed by atoms with Gasteiger partial charge in [-0.15, -0.1) is 6.42 Å². The van der Waals surface area contributed by atoms with Crippen LogP contribution in [0.15, 0.2) is 62.6 Å². The maximum absolute atomic E-state index is 12.6. The van der Waals surface area contributed by atoms with Gasteiger partial charge in [0.15, 0.2) is 0 Å². The third-order valence-corrected chi connectivity index (χ3v) is 5.19. The Morgan fingerprint density at radius 1 is 1.17 bits per heavy atom. The number of hydrazone groups is 1. The average molecular weight is 516 g/mol. The number of terminal acetylenes is 1. The number of hydrogen-bond acceptors (Lipinski definition) is 4. The third kappa shape index (κ3) is 4.97. The van der Waals surface area contributed by atoms with E-state index >= 15 is 0 Å². The summed E-state index contributed by atoms with van der Waals surface area (Å²) in [5, 5.41) is 5.99. The zero-order chi connectivity index (χ0) is 20.8. The molecule has 0 atom stereocenters. The van der Waals surface area contributed by atoms with Crippen LogP contribution in [-0.2, 0) is 0 Å². The van der Waals surface area contributed by atoms with Crippen molar-refractivity contribution in [2.24, 2.45) is 5.10 Å². The molecule has 0 bridgehead atoms. The second-order valence-corrected chi connectivity index (χ2v) is 7.61. The van der Waals surface area contributed by atoms with Crippen LogP contribution in [0.2, 0.25) is 0 Å². The van der Waals surface area contributed by atoms with Gasteiger partial charge in [-0.2, -0.15) is 5.10 Å². The molecule has 29 heavy (non-hydrogen) atoms. The molecule has 0 saturated heterocycles. The fourth-order valence-corrected chi connectivity index (χ4v) is 4.15. The number of benzene rings is 3. The lowest BCUT2D eigenvalue weighted by Gasteiger charge is -2.10. The van der Waals surface area contributed by atoms with E-state index in [0.717, 1.165) is 16.3 Å². The summed E-state index contributed by atoms with van der Waals surface area (Å²) in [5.41, 5.74) is 3.70. The van der Waals surface area contributed by atoms with Gasteiger partial charge in [-0.3, -0.25) is 4.79 Å². The van der Waals surface area contributed by atoms with E-state index in [1.54, 1.807) is 6.07 Å². The normalized spacial score (nSPS) is 10.7. The first-order valence-corrected chi connectivity index (χ1v) is 10.1. The molecule has 7 heteroatoms. The van der Waals surface area contributed by atoms with Gasteiger partial charge in [-0.05, 0) is 72.5 Å². The van der Waals surface area contributed by atoms with E-state index in [9.17, 15) is 4.79 Å². The Labute approximate surface area is 185 Å². The average Bonchev–Trinajstić information content (AvgIpc) is 2.72. The summed E-state index contributed by atoms with van der Waals surface area (Å²) in [7, 11) is 1.53. The van der Waals surface area contributed by atoms with Gasteiger partial charge in [-0.25, -0.2) is 5.43 Å². The summed E-state index contributed by atoms with van der Waals surface area (Å²) < 4.78 is 12.3. The van der Waals surface area contributed by atoms with Gasteiger partial charge in [0.1, 0.15) is 18.1 Å². The number of amides is 1. The van der Waals surface area contributed by atoms with Gasteiger partial charge in [-0.1, -0.05) is 30.2 Å². The molecule has 3 rings (SSSR count). The van der Waals surface area contributed by atoms with Crippen molar-refractivity contribution in [3.05, 3.63) is 68.6 Å². The Bertz CT molecular complexity index is 1110. The number of hydrogen-bond donors (Lipinski definition) is 1. The molecule has 0 spiro atoms. The first kappa shape index (κ1) is 20.9. The minimum absolute atomic E-state index is 0.161. The van der Waals surface area contributed by atoms with Gasteiger partial charge >= 0.3 is 0 Å². The molecule has 146 valence electrons. The fraction of sp³-hybridized carbons (Fsp3) is 0.0909. The zero-order valence-corrected chi connectivity index (χ0v) is 18.6. The highest BCUT2D eigenvalue weighted by Gasteiger charge is 2.13. The molecule has 0 aliphatic rings. The number of rotatable bonds is 6. The Morgan fingerprint density at radius 3 is 2.45 bits per heavy atom. The van der Waals surface area contributed by atoms with Crippen molar-refractivity contribution in [1.82, 2.24) is 5.43 Å². The van der Waals surface area contributed by atoms with Crippen molar-refractivity contribution in [3.8, 4) is 23.8 Å². The van der Waals surface area contributed by atoms with Crippen molar-refractivity contribution in [2.45, 2.75) is 0 Å². The highest BCUT2D eigenvalue weighted by Crippen LogP contribution is 2.34. The highest BCUT2D eigenvalue weighted by molar-refractivity contribution is 9.11. The third-order valence-electron chi connectivity index (χ3n) is 4.01. The Hall–Kier alpha value is -2.82. The minimum atomic E-state index is -0.365. The molecule has 3 aromatic rings. The van der Waals surface area contributed by atoms with Crippen molar-refractivity contribution in [3.63, 3.8) is 0 Å². The van der Waals surface area contributed by atoms with E-state index in [2.05, 4.69) is 48.3 Å². The number of ether oxygens (including phenoxy) is 2. The summed E-state index contributed by atoms with van der Waals surface area (Å²) in [5.74, 6) is 3.14. The summed E-state index contributed by atoms with van der Waals surface area (Å²) >= 11 is 6.88. The van der Waals surface area contributed by atoms with Crippen molar-refractivity contribution >= 4 is 54.8 Å². The number of methoxy groups -OCH3 is 1. The van der Waals surface area contributed by atoms with Crippen molar-refractivity contribution in [2.75, 3.05) is 13.7 Å². The highest BCUT2D eigenvalue weighted by atomic mass is 79.9. The zero-order valence-electron chi connectivity index (χ0n) is 15.4. The lowest BCUT2D eigenvalue weighted by atomic mass is 10.1. The summed E-state index contributed by atoms with van der Waals surface area (Å²) in [6, 6.07) is 15.0. The van der Waals surface area contributed by atoms with E-state index < -0.39 is 0 Å². The van der Waals surface area contributed by atoms with E-state index in [0.29, 0.717) is 26.0 Å². The smallest absolute Gasteiger partial charge is 0.275 e. The van der Waals surface area contributed by atoms with E-state index in [1.807, 2.05) is 42.5 Å². The second kappa shape index (κ2) is 9.59. The number of carbonyl (C=O) groups excluding carboxylic acids is 1. The van der Waals surface area contributed by atoms with Gasteiger partial charge in [0.05, 0.1) is 27.8 Å². The summed E-state index contributed by atoms with van der Waals surface area (Å²) in [6.07, 6.45) is 6.76. The van der Waals surface area contributed by atoms with E-state index in [1.165, 1.54) is 13.3 Å². The molecule has 1 amide bonds. The van der Waals surface area contributed by atoms with Crippen LogP contribution in [0.25, 0.3) is 10.8 Å². The van der Waals surface area contributed by atoms with Crippen LogP contribution < -0.4 is 14.9 Å². The molecular formula is C22H16Br2N2O3. The molecule has 1 N–H and O–H groups in total. The van der Waals surface area contributed by atoms with Gasteiger partial charge in [0.2, 0.25) is 0 Å². The predicted octanol–water partition coefficient (Wildman–Crippen LogP) is 5.15. The standard InChI is InChI=1S/C22H16Br2N2O3/c1-3-8-29-21-18(23)9-14(10-19(21)24)13-25-26-22(27)17-11-15-6-4-5-7-16(15)12-20(17)28-2/h1,4-7,9-13H,8H2,2H3,(H,26,27)/b25-13-. The van der Waals surface area contributed by atoms with E-state index in [4.69, 9.17) is 15.9 Å². The van der Waals surface area contributed by atoms with Gasteiger partial charge < -0.3 is 9.47 Å². The number of nitrogens with zero attached hydrogens (tertiary/aromatic N) is 1. The molecule has 0 aliphatic carbocycles. The SMILES string of the molecule is C#CCOc1c(Br)cc(/C=N\NC(=O)c2cc3ccccc3cc2OC)cc1Br. The van der Waals surface area contributed by atoms with Gasteiger partial charge in [0.25, 0.3) is 5.91 Å². The van der Waals surface area contributed by atoms with Crippen molar-refractivity contribution < 1.29 is 14.3 Å². The Morgan fingerprint density at radius 2 is 1.83 bits per heavy atom. The van der Waals surface area contributed by atoms with Crippen LogP contribution in [-0.4, -0.2) is 25.8 Å². The topological polar surface area (TPSA) is 59.9 Å². The lowest BCUT2D eigenvalue weighted by molar-refractivity contribution is 0.0952. The van der Waals surface area contributed by atoms with Crippen LogP contribution in [0.4, 0.5) is 0 Å². The van der Waals surface area contributed by atoms with Gasteiger partial charge in [0, 0.05) is 0 Å². The summed E-state index contributed by atoms with van der Waals surface area (Å²) in [6.45, 7) is 0.161. The summed E-state index contributed by atoms with van der Waals surface area (Å²) in [4.78, 5) is 12.6. The first-order valence-electron chi connectivity index (χ1n) is 8.49. The molecule has 0 aliphatic heterocycles. The largest absolute Gasteiger partial charge is 0.496 e. The lowest BCUT2D eigenvalue weighted by Crippen LogP contribution is -2.18. The molecule has 0 aromatic heterocycles. The Kier molecular flexibility index (Phi) is 6.91. The van der Waals surface area contributed by atoms with E-state index in [-0.39, 0.29) is 12.5 Å². The van der Waals surface area contributed by atoms with Crippen LogP contribution in [0.5, 0.6) is 11.5 Å². The monoisotopic (exact) mass is 514 g/mol. The van der Waals surface area contributed by atoms with Crippen LogP contribution in [0, 0.1) is 12.3 Å². The van der Waals surface area contributed by atoms with Crippen molar-refractivity contribution in [1.29, 1.82) is 0 Å². The molecule has 0 fully saturated rings. The molecular weight excluding hydrogens is 500 g/mol. The second-order valence-electron chi connectivity index (χ2n) is 5.91. The van der Waals surface area contributed by atoms with Crippen LogP contribution in [0.1, 0.15) is 15.9 Å². The molecule has 5 nitrogen and oxygen atoms in total. The molecule has 0 saturated carbocycles. The molecule has 0 radical (unpaired) electrons. The fourth-order valence-electron chi connectivity index (χ4n) is 2.70. The molecule has 0 heterocycles. The number of carbonyl (C=O) groups is 1. The number of fused-ring (bicyclic) bond motifs is 1. The van der Waals surface area contributed by atoms with Crippen LogP contribution in [0.3, 0.4) is 0 Å². The maximum atomic E-state index is 12.6. The predicted molar refractivity (Wildman–Crippen MR) is 122 cm³/mol. The molecule has 0 unspecified atom stereocenters. The first-order chi connectivity index (χ1) is 14.0. The number of halogens is 2. The Balaban J connectivity index is 1.78. The number of nitrogens with one attached hydrogen (secondary N) is 1. The quantitative estimate of drug-likeness (QED) is 0.280.